The Morgan fingerprint density at radius 2 is 2.04 bits per heavy atom. The van der Waals surface area contributed by atoms with Crippen molar-refractivity contribution in [2.45, 2.75) is 19.4 Å². The van der Waals surface area contributed by atoms with Gasteiger partial charge in [-0.15, -0.1) is 0 Å². The number of ether oxygens (including phenoxy) is 1. The Labute approximate surface area is 141 Å². The predicted molar refractivity (Wildman–Crippen MR) is 91.8 cm³/mol. The Balaban J connectivity index is 1.62. The van der Waals surface area contributed by atoms with Crippen molar-refractivity contribution in [3.8, 4) is 5.88 Å². The van der Waals surface area contributed by atoms with Gasteiger partial charge >= 0.3 is 0 Å². The molecule has 24 heavy (non-hydrogen) atoms. The Hall–Kier alpha value is -2.25. The number of hydrogen-bond donors (Lipinski definition) is 0. The standard InChI is InChI=1S/C17H19N3O3S/c1-14-2-4-15(5-3-14)7-11-24(21,22)20-10-6-16(13-20)23-17-12-18-8-9-19-17/h2-5,7-9,11-12,16H,6,10,13H2,1H3/b11-7+/t16-/m1/s1. The first-order chi connectivity index (χ1) is 11.5. The van der Waals surface area contributed by atoms with Crippen molar-refractivity contribution in [1.82, 2.24) is 14.3 Å². The van der Waals surface area contributed by atoms with Gasteiger partial charge in [-0.05, 0) is 25.0 Å². The molecule has 2 heterocycles. The first-order valence-electron chi connectivity index (χ1n) is 7.70. The second kappa shape index (κ2) is 7.11. The van der Waals surface area contributed by atoms with Crippen molar-refractivity contribution < 1.29 is 13.2 Å². The molecular formula is C17H19N3O3S. The van der Waals surface area contributed by atoms with Gasteiger partial charge in [0.15, 0.2) is 0 Å². The lowest BCUT2D eigenvalue weighted by molar-refractivity contribution is 0.206. The zero-order valence-corrected chi connectivity index (χ0v) is 14.2. The normalized spacial score (nSPS) is 19.0. The summed E-state index contributed by atoms with van der Waals surface area (Å²) >= 11 is 0. The van der Waals surface area contributed by atoms with Gasteiger partial charge in [0.25, 0.3) is 0 Å². The van der Waals surface area contributed by atoms with Gasteiger partial charge in [-0.3, -0.25) is 4.98 Å². The van der Waals surface area contributed by atoms with E-state index in [0.29, 0.717) is 25.4 Å². The van der Waals surface area contributed by atoms with Gasteiger partial charge in [0, 0.05) is 24.3 Å². The maximum atomic E-state index is 12.4. The lowest BCUT2D eigenvalue weighted by atomic mass is 10.2. The molecule has 3 rings (SSSR count). The highest BCUT2D eigenvalue weighted by atomic mass is 32.2. The number of nitrogens with zero attached hydrogens (tertiary/aromatic N) is 3. The number of rotatable bonds is 5. The second-order valence-corrected chi connectivity index (χ2v) is 7.51. The quantitative estimate of drug-likeness (QED) is 0.831. The average molecular weight is 345 g/mol. The summed E-state index contributed by atoms with van der Waals surface area (Å²) < 4.78 is 32.0. The highest BCUT2D eigenvalue weighted by molar-refractivity contribution is 7.92. The second-order valence-electron chi connectivity index (χ2n) is 5.69. The molecule has 1 aliphatic rings. The van der Waals surface area contributed by atoms with E-state index in [1.165, 1.54) is 15.9 Å². The van der Waals surface area contributed by atoms with Crippen LogP contribution in [0, 0.1) is 6.92 Å². The summed E-state index contributed by atoms with van der Waals surface area (Å²) in [6, 6.07) is 7.69. The Morgan fingerprint density at radius 3 is 2.75 bits per heavy atom. The van der Waals surface area contributed by atoms with Crippen molar-refractivity contribution in [3.63, 3.8) is 0 Å². The number of aryl methyl sites for hydroxylation is 1. The summed E-state index contributed by atoms with van der Waals surface area (Å²) in [7, 11) is -3.46. The van der Waals surface area contributed by atoms with Gasteiger partial charge in [0.2, 0.25) is 15.9 Å². The van der Waals surface area contributed by atoms with E-state index in [0.717, 1.165) is 11.1 Å². The van der Waals surface area contributed by atoms with Crippen LogP contribution in [0.25, 0.3) is 6.08 Å². The average Bonchev–Trinajstić information content (AvgIpc) is 3.05. The Kier molecular flexibility index (Phi) is 4.92. The molecule has 1 saturated heterocycles. The summed E-state index contributed by atoms with van der Waals surface area (Å²) in [6.45, 7) is 2.74. The monoisotopic (exact) mass is 345 g/mol. The van der Waals surface area contributed by atoms with E-state index < -0.39 is 10.0 Å². The first kappa shape index (κ1) is 16.6. The molecular weight excluding hydrogens is 326 g/mol. The summed E-state index contributed by atoms with van der Waals surface area (Å²) in [5.41, 5.74) is 1.99. The van der Waals surface area contributed by atoms with Gasteiger partial charge in [-0.2, -0.15) is 4.31 Å². The number of benzene rings is 1. The fourth-order valence-corrected chi connectivity index (χ4v) is 3.71. The topological polar surface area (TPSA) is 72.4 Å². The van der Waals surface area contributed by atoms with Crippen molar-refractivity contribution in [2.75, 3.05) is 13.1 Å². The Morgan fingerprint density at radius 1 is 1.25 bits per heavy atom. The molecule has 2 aromatic rings. The van der Waals surface area contributed by atoms with Gasteiger partial charge in [-0.25, -0.2) is 13.4 Å². The first-order valence-corrected chi connectivity index (χ1v) is 9.21. The third-order valence-corrected chi connectivity index (χ3v) is 5.34. The van der Waals surface area contributed by atoms with E-state index >= 15 is 0 Å². The lowest BCUT2D eigenvalue weighted by Crippen LogP contribution is -2.29. The van der Waals surface area contributed by atoms with Gasteiger partial charge < -0.3 is 4.74 Å². The van der Waals surface area contributed by atoms with Crippen molar-refractivity contribution in [2.24, 2.45) is 0 Å². The van der Waals surface area contributed by atoms with Crippen LogP contribution < -0.4 is 4.74 Å². The summed E-state index contributed by atoms with van der Waals surface area (Å²) in [5, 5.41) is 1.25. The minimum Gasteiger partial charge on any atom is -0.472 e. The largest absolute Gasteiger partial charge is 0.472 e. The van der Waals surface area contributed by atoms with Crippen LogP contribution in [0.5, 0.6) is 5.88 Å². The molecule has 0 bridgehead atoms. The van der Waals surface area contributed by atoms with Crippen molar-refractivity contribution in [3.05, 3.63) is 59.4 Å². The molecule has 6 nitrogen and oxygen atoms in total. The Bertz CT molecular complexity index is 805. The van der Waals surface area contributed by atoms with Crippen molar-refractivity contribution >= 4 is 16.1 Å². The number of hydrogen-bond acceptors (Lipinski definition) is 5. The van der Waals surface area contributed by atoms with E-state index in [4.69, 9.17) is 4.74 Å². The van der Waals surface area contributed by atoms with Crippen LogP contribution >= 0.6 is 0 Å². The number of aromatic nitrogens is 2. The maximum absolute atomic E-state index is 12.4. The SMILES string of the molecule is Cc1ccc(/C=C/S(=O)(=O)N2CC[C@@H](Oc3cnccn3)C2)cc1. The van der Waals surface area contributed by atoms with Crippen molar-refractivity contribution in [1.29, 1.82) is 0 Å². The molecule has 0 N–H and O–H groups in total. The minimum absolute atomic E-state index is 0.204. The highest BCUT2D eigenvalue weighted by Crippen LogP contribution is 2.19. The third-order valence-electron chi connectivity index (χ3n) is 3.80. The van der Waals surface area contributed by atoms with E-state index in [1.807, 2.05) is 31.2 Å². The molecule has 0 unspecified atom stereocenters. The van der Waals surface area contributed by atoms with Crippen LogP contribution in [0.15, 0.2) is 48.3 Å². The lowest BCUT2D eigenvalue weighted by Gasteiger charge is -2.14. The van der Waals surface area contributed by atoms with E-state index in [2.05, 4.69) is 9.97 Å². The van der Waals surface area contributed by atoms with E-state index in [9.17, 15) is 8.42 Å². The molecule has 0 saturated carbocycles. The smallest absolute Gasteiger partial charge is 0.236 e. The molecule has 1 aromatic carbocycles. The molecule has 0 amide bonds. The fraction of sp³-hybridized carbons (Fsp3) is 0.294. The number of sulfonamides is 1. The van der Waals surface area contributed by atoms with Crippen LogP contribution in [0.4, 0.5) is 0 Å². The molecule has 126 valence electrons. The summed E-state index contributed by atoms with van der Waals surface area (Å²) in [6.07, 6.45) is 6.68. The molecule has 1 aromatic heterocycles. The van der Waals surface area contributed by atoms with Crippen LogP contribution in [0.1, 0.15) is 17.5 Å². The molecule has 1 atom stereocenters. The summed E-state index contributed by atoms with van der Waals surface area (Å²) in [5.74, 6) is 0.414. The van der Waals surface area contributed by atoms with Crippen LogP contribution in [0.3, 0.4) is 0 Å². The zero-order chi connectivity index (χ0) is 17.0. The molecule has 0 radical (unpaired) electrons. The summed E-state index contributed by atoms with van der Waals surface area (Å²) in [4.78, 5) is 7.98. The van der Waals surface area contributed by atoms with Crippen LogP contribution in [-0.2, 0) is 10.0 Å². The minimum atomic E-state index is -3.46. The fourth-order valence-electron chi connectivity index (χ4n) is 2.47. The molecule has 7 heteroatoms. The zero-order valence-electron chi connectivity index (χ0n) is 13.4. The van der Waals surface area contributed by atoms with Crippen LogP contribution in [0.2, 0.25) is 0 Å². The maximum Gasteiger partial charge on any atom is 0.236 e. The van der Waals surface area contributed by atoms with Gasteiger partial charge in [-0.1, -0.05) is 29.8 Å². The van der Waals surface area contributed by atoms with Crippen LogP contribution in [-0.4, -0.2) is 41.9 Å². The molecule has 0 aliphatic carbocycles. The highest BCUT2D eigenvalue weighted by Gasteiger charge is 2.31. The molecule has 0 spiro atoms. The van der Waals surface area contributed by atoms with E-state index in [-0.39, 0.29) is 6.10 Å². The third kappa shape index (κ3) is 4.18. The molecule has 1 fully saturated rings. The van der Waals surface area contributed by atoms with E-state index in [1.54, 1.807) is 18.5 Å². The van der Waals surface area contributed by atoms with Gasteiger partial charge in [0.05, 0.1) is 12.7 Å². The predicted octanol–water partition coefficient (Wildman–Crippen LogP) is 2.24. The van der Waals surface area contributed by atoms with Gasteiger partial charge in [0.1, 0.15) is 6.10 Å². The molecule has 1 aliphatic heterocycles.